The number of anilines is 2. The van der Waals surface area contributed by atoms with Crippen molar-refractivity contribution in [3.8, 4) is 23.0 Å². The van der Waals surface area contributed by atoms with E-state index < -0.39 is 22.0 Å². The Balaban J connectivity index is 2.44. The highest BCUT2D eigenvalue weighted by molar-refractivity contribution is 7.92. The summed E-state index contributed by atoms with van der Waals surface area (Å²) < 4.78 is 47.1. The summed E-state index contributed by atoms with van der Waals surface area (Å²) in [7, 11) is 1.99. The molecule has 0 heterocycles. The van der Waals surface area contributed by atoms with Crippen molar-refractivity contribution in [2.75, 3.05) is 44.3 Å². The molecule has 0 bridgehead atoms. The maximum atomic E-state index is 13.0. The highest BCUT2D eigenvalue weighted by atomic mass is 32.2. The zero-order valence-corrected chi connectivity index (χ0v) is 18.6. The molecule has 0 aliphatic carbocycles. The minimum absolute atomic E-state index is 0.184. The first-order valence-corrected chi connectivity index (χ1v) is 10.7. The van der Waals surface area contributed by atoms with Crippen LogP contribution in [0.15, 0.2) is 36.4 Å². The predicted molar refractivity (Wildman–Crippen MR) is 115 cm³/mol. The normalized spacial score (nSPS) is 11.9. The van der Waals surface area contributed by atoms with E-state index in [4.69, 9.17) is 18.9 Å². The number of carbonyl (C=O) groups excluding carboxylic acids is 1. The van der Waals surface area contributed by atoms with E-state index in [1.165, 1.54) is 41.4 Å². The number of hydrogen-bond donors (Lipinski definition) is 1. The van der Waals surface area contributed by atoms with Gasteiger partial charge in [0.15, 0.2) is 0 Å². The predicted octanol–water partition coefficient (Wildman–Crippen LogP) is 2.51. The topological polar surface area (TPSA) is 103 Å². The van der Waals surface area contributed by atoms with Gasteiger partial charge in [-0.15, -0.1) is 0 Å². The van der Waals surface area contributed by atoms with Crippen LogP contribution < -0.4 is 28.6 Å². The Morgan fingerprint density at radius 1 is 0.900 bits per heavy atom. The molecule has 0 aliphatic rings. The van der Waals surface area contributed by atoms with Crippen LogP contribution in [0, 0.1) is 0 Å². The summed E-state index contributed by atoms with van der Waals surface area (Å²) >= 11 is 0. The summed E-state index contributed by atoms with van der Waals surface area (Å²) in [5.41, 5.74) is 0.560. The van der Waals surface area contributed by atoms with Crippen molar-refractivity contribution in [3.63, 3.8) is 0 Å². The van der Waals surface area contributed by atoms with Crippen LogP contribution in [0.5, 0.6) is 23.0 Å². The summed E-state index contributed by atoms with van der Waals surface area (Å²) in [6.45, 7) is 1.48. The van der Waals surface area contributed by atoms with Crippen LogP contribution in [-0.4, -0.2) is 55.1 Å². The van der Waals surface area contributed by atoms with Gasteiger partial charge in [-0.05, 0) is 31.2 Å². The first-order chi connectivity index (χ1) is 14.2. The van der Waals surface area contributed by atoms with Gasteiger partial charge in [-0.3, -0.25) is 9.10 Å². The fourth-order valence-electron chi connectivity index (χ4n) is 2.89. The van der Waals surface area contributed by atoms with Crippen LogP contribution in [0.1, 0.15) is 6.92 Å². The van der Waals surface area contributed by atoms with E-state index in [1.807, 2.05) is 0 Å². The largest absolute Gasteiger partial charge is 0.497 e. The standard InChI is InChI=1S/C20H26N2O7S/c1-13(20(23)21-16-9-7-15(27-3)12-19(16)29-5)22(30(6,24)25)17-11-14(26-2)8-10-18(17)28-4/h7-13H,1-6H3,(H,21,23). The first-order valence-electron chi connectivity index (χ1n) is 8.90. The quantitative estimate of drug-likeness (QED) is 0.642. The van der Waals surface area contributed by atoms with Gasteiger partial charge in [-0.25, -0.2) is 8.42 Å². The number of rotatable bonds is 9. The van der Waals surface area contributed by atoms with Gasteiger partial charge in [0, 0.05) is 12.1 Å². The van der Waals surface area contributed by atoms with E-state index >= 15 is 0 Å². The molecule has 30 heavy (non-hydrogen) atoms. The maximum Gasteiger partial charge on any atom is 0.248 e. The van der Waals surface area contributed by atoms with E-state index in [1.54, 1.807) is 30.3 Å². The van der Waals surface area contributed by atoms with E-state index in [0.29, 0.717) is 22.9 Å². The lowest BCUT2D eigenvalue weighted by Gasteiger charge is -2.29. The maximum absolute atomic E-state index is 13.0. The van der Waals surface area contributed by atoms with Gasteiger partial charge in [0.2, 0.25) is 15.9 Å². The molecule has 2 rings (SSSR count). The molecule has 2 aromatic rings. The molecular formula is C20H26N2O7S. The summed E-state index contributed by atoms with van der Waals surface area (Å²) in [6, 6.07) is 8.48. The molecule has 1 amide bonds. The second kappa shape index (κ2) is 9.57. The molecule has 1 unspecified atom stereocenters. The summed E-state index contributed by atoms with van der Waals surface area (Å²) in [5.74, 6) is 1.07. The molecule has 0 saturated carbocycles. The molecule has 0 radical (unpaired) electrons. The number of amides is 1. The summed E-state index contributed by atoms with van der Waals surface area (Å²) in [6.07, 6.45) is 1.02. The zero-order chi connectivity index (χ0) is 22.5. The third-order valence-corrected chi connectivity index (χ3v) is 5.61. The zero-order valence-electron chi connectivity index (χ0n) is 17.8. The SMILES string of the molecule is COc1ccc(NC(=O)C(C)N(c2cc(OC)ccc2OC)S(C)(=O)=O)c(OC)c1. The number of nitrogens with one attached hydrogen (secondary N) is 1. The van der Waals surface area contributed by atoms with Crippen molar-refractivity contribution in [1.29, 1.82) is 0 Å². The molecule has 0 spiro atoms. The number of ether oxygens (including phenoxy) is 4. The molecule has 0 aromatic heterocycles. The molecule has 10 heteroatoms. The molecular weight excluding hydrogens is 412 g/mol. The Morgan fingerprint density at radius 2 is 1.47 bits per heavy atom. The molecule has 9 nitrogen and oxygen atoms in total. The van der Waals surface area contributed by atoms with Crippen LogP contribution in [0.25, 0.3) is 0 Å². The number of methoxy groups -OCH3 is 4. The van der Waals surface area contributed by atoms with Crippen LogP contribution >= 0.6 is 0 Å². The first kappa shape index (κ1) is 23.1. The average molecular weight is 439 g/mol. The molecule has 0 aliphatic heterocycles. The molecule has 0 fully saturated rings. The van der Waals surface area contributed by atoms with Gasteiger partial charge in [-0.1, -0.05) is 0 Å². The number of hydrogen-bond acceptors (Lipinski definition) is 7. The lowest BCUT2D eigenvalue weighted by Crippen LogP contribution is -2.45. The smallest absolute Gasteiger partial charge is 0.248 e. The van der Waals surface area contributed by atoms with E-state index in [-0.39, 0.29) is 11.4 Å². The number of carbonyl (C=O) groups is 1. The van der Waals surface area contributed by atoms with Crippen LogP contribution in [0.2, 0.25) is 0 Å². The highest BCUT2D eigenvalue weighted by Gasteiger charge is 2.32. The lowest BCUT2D eigenvalue weighted by atomic mass is 10.2. The Kier molecular flexibility index (Phi) is 7.38. The second-order valence-electron chi connectivity index (χ2n) is 6.33. The van der Waals surface area contributed by atoms with Crippen LogP contribution in [-0.2, 0) is 14.8 Å². The number of sulfonamides is 1. The molecule has 1 atom stereocenters. The Morgan fingerprint density at radius 3 is 2.00 bits per heavy atom. The monoisotopic (exact) mass is 438 g/mol. The van der Waals surface area contributed by atoms with Crippen molar-refractivity contribution < 1.29 is 32.2 Å². The molecule has 0 saturated heterocycles. The Bertz CT molecular complexity index is 1010. The molecule has 1 N–H and O–H groups in total. The molecule has 164 valence electrons. The Hall–Kier alpha value is -3.14. The minimum atomic E-state index is -3.85. The summed E-state index contributed by atoms with van der Waals surface area (Å²) in [4.78, 5) is 13.0. The van der Waals surface area contributed by atoms with Crippen LogP contribution in [0.4, 0.5) is 11.4 Å². The third-order valence-electron chi connectivity index (χ3n) is 4.38. The average Bonchev–Trinajstić information content (AvgIpc) is 2.72. The van der Waals surface area contributed by atoms with E-state index in [9.17, 15) is 13.2 Å². The van der Waals surface area contributed by atoms with Gasteiger partial charge >= 0.3 is 0 Å². The van der Waals surface area contributed by atoms with Gasteiger partial charge in [-0.2, -0.15) is 0 Å². The third kappa shape index (κ3) is 5.07. The minimum Gasteiger partial charge on any atom is -0.497 e. The number of nitrogens with zero attached hydrogens (tertiary/aromatic N) is 1. The fraction of sp³-hybridized carbons (Fsp3) is 0.350. The lowest BCUT2D eigenvalue weighted by molar-refractivity contribution is -0.116. The van der Waals surface area contributed by atoms with Crippen molar-refractivity contribution in [3.05, 3.63) is 36.4 Å². The van der Waals surface area contributed by atoms with Crippen LogP contribution in [0.3, 0.4) is 0 Å². The summed E-state index contributed by atoms with van der Waals surface area (Å²) in [5, 5.41) is 2.70. The van der Waals surface area contributed by atoms with E-state index in [0.717, 1.165) is 10.6 Å². The van der Waals surface area contributed by atoms with E-state index in [2.05, 4.69) is 5.32 Å². The number of benzene rings is 2. The second-order valence-corrected chi connectivity index (χ2v) is 8.19. The highest BCUT2D eigenvalue weighted by Crippen LogP contribution is 2.36. The Labute approximate surface area is 176 Å². The van der Waals surface area contributed by atoms with Gasteiger partial charge in [0.25, 0.3) is 0 Å². The van der Waals surface area contributed by atoms with Crippen molar-refractivity contribution >= 4 is 27.3 Å². The van der Waals surface area contributed by atoms with Crippen molar-refractivity contribution in [1.82, 2.24) is 0 Å². The van der Waals surface area contributed by atoms with Crippen molar-refractivity contribution in [2.24, 2.45) is 0 Å². The van der Waals surface area contributed by atoms with Gasteiger partial charge < -0.3 is 24.3 Å². The molecule has 2 aromatic carbocycles. The van der Waals surface area contributed by atoms with Crippen molar-refractivity contribution in [2.45, 2.75) is 13.0 Å². The van der Waals surface area contributed by atoms with Gasteiger partial charge in [0.05, 0.1) is 46.1 Å². The van der Waals surface area contributed by atoms with Gasteiger partial charge in [0.1, 0.15) is 29.0 Å². The fourth-order valence-corrected chi connectivity index (χ4v) is 4.06.